The van der Waals surface area contributed by atoms with Gasteiger partial charge in [-0.2, -0.15) is 0 Å². The van der Waals surface area contributed by atoms with E-state index < -0.39 is 0 Å². The lowest BCUT2D eigenvalue weighted by Gasteiger charge is -2.35. The lowest BCUT2D eigenvalue weighted by Crippen LogP contribution is -2.44. The molecule has 6 heteroatoms. The molecule has 1 amide bonds. The molecule has 1 unspecified atom stereocenters. The standard InChI is InChI=1S/C11H17N3O3/c15-6-4-8-3-1-2-5-14(8)11(17)9-7-10(16)13-12-9/h7-8,15H,1-6H2,(H2,12,13,16). The number of nitrogens with one attached hydrogen (secondary N) is 2. The summed E-state index contributed by atoms with van der Waals surface area (Å²) in [6.45, 7) is 0.773. The topological polar surface area (TPSA) is 89.2 Å². The van der Waals surface area contributed by atoms with Crippen LogP contribution in [0.1, 0.15) is 36.2 Å². The minimum absolute atomic E-state index is 0.0815. The van der Waals surface area contributed by atoms with Gasteiger partial charge in [0.15, 0.2) is 0 Å². The molecule has 0 radical (unpaired) electrons. The van der Waals surface area contributed by atoms with Gasteiger partial charge in [-0.3, -0.25) is 19.8 Å². The fourth-order valence-electron chi connectivity index (χ4n) is 2.32. The Kier molecular flexibility index (Phi) is 3.63. The molecule has 0 bridgehead atoms. The van der Waals surface area contributed by atoms with Crippen molar-refractivity contribution in [3.05, 3.63) is 22.1 Å². The number of carbonyl (C=O) groups excluding carboxylic acids is 1. The first-order chi connectivity index (χ1) is 8.22. The molecule has 17 heavy (non-hydrogen) atoms. The van der Waals surface area contributed by atoms with Crippen LogP contribution in [-0.4, -0.2) is 45.3 Å². The van der Waals surface area contributed by atoms with Gasteiger partial charge in [0.25, 0.3) is 11.5 Å². The van der Waals surface area contributed by atoms with Crippen molar-refractivity contribution in [2.75, 3.05) is 13.2 Å². The maximum absolute atomic E-state index is 12.2. The van der Waals surface area contributed by atoms with Crippen molar-refractivity contribution in [3.63, 3.8) is 0 Å². The number of aromatic nitrogens is 2. The van der Waals surface area contributed by atoms with Crippen molar-refractivity contribution in [3.8, 4) is 0 Å². The Morgan fingerprint density at radius 2 is 2.29 bits per heavy atom. The van der Waals surface area contributed by atoms with Crippen LogP contribution in [0.4, 0.5) is 0 Å². The molecule has 2 rings (SSSR count). The molecule has 3 N–H and O–H groups in total. The summed E-state index contributed by atoms with van der Waals surface area (Å²) < 4.78 is 0. The fourth-order valence-corrected chi connectivity index (χ4v) is 2.32. The zero-order valence-electron chi connectivity index (χ0n) is 9.61. The first-order valence-electron chi connectivity index (χ1n) is 5.92. The number of nitrogens with zero attached hydrogens (tertiary/aromatic N) is 1. The molecular formula is C11H17N3O3. The number of likely N-dealkylation sites (tertiary alicyclic amines) is 1. The van der Waals surface area contributed by atoms with Crippen LogP contribution >= 0.6 is 0 Å². The van der Waals surface area contributed by atoms with Crippen LogP contribution in [0.2, 0.25) is 0 Å². The van der Waals surface area contributed by atoms with Crippen LogP contribution in [0, 0.1) is 0 Å². The third kappa shape index (κ3) is 2.58. The van der Waals surface area contributed by atoms with Gasteiger partial charge in [0.05, 0.1) is 0 Å². The summed E-state index contributed by atoms with van der Waals surface area (Å²) in [4.78, 5) is 24.9. The molecule has 0 spiro atoms. The summed E-state index contributed by atoms with van der Waals surface area (Å²) in [6.07, 6.45) is 3.57. The molecule has 0 aromatic carbocycles. The van der Waals surface area contributed by atoms with E-state index in [9.17, 15) is 9.59 Å². The Bertz CT molecular complexity index is 435. The highest BCUT2D eigenvalue weighted by Gasteiger charge is 2.27. The third-order valence-electron chi connectivity index (χ3n) is 3.18. The second-order valence-electron chi connectivity index (χ2n) is 4.33. The SMILES string of the molecule is O=C(c1cc(=O)[nH][nH]1)N1CCCCC1CCO. The van der Waals surface area contributed by atoms with E-state index in [1.54, 1.807) is 4.90 Å². The number of H-pyrrole nitrogens is 2. The van der Waals surface area contributed by atoms with Gasteiger partial charge >= 0.3 is 0 Å². The quantitative estimate of drug-likeness (QED) is 0.697. The number of rotatable bonds is 3. The number of piperidine rings is 1. The summed E-state index contributed by atoms with van der Waals surface area (Å²) in [6, 6.07) is 1.35. The van der Waals surface area contributed by atoms with Crippen LogP contribution in [0.15, 0.2) is 10.9 Å². The average Bonchev–Trinajstić information content (AvgIpc) is 2.76. The highest BCUT2D eigenvalue weighted by Crippen LogP contribution is 2.20. The van der Waals surface area contributed by atoms with Gasteiger partial charge in [-0.05, 0) is 25.7 Å². The van der Waals surface area contributed by atoms with E-state index in [4.69, 9.17) is 5.11 Å². The van der Waals surface area contributed by atoms with Gasteiger partial charge in [0, 0.05) is 25.3 Å². The fraction of sp³-hybridized carbons (Fsp3) is 0.636. The van der Waals surface area contributed by atoms with E-state index in [0.717, 1.165) is 19.3 Å². The zero-order valence-corrected chi connectivity index (χ0v) is 9.61. The molecule has 1 aromatic rings. The Balaban J connectivity index is 2.13. The van der Waals surface area contributed by atoms with Crippen molar-refractivity contribution in [1.82, 2.24) is 15.1 Å². The molecule has 1 aromatic heterocycles. The highest BCUT2D eigenvalue weighted by atomic mass is 16.3. The Labute approximate surface area is 98.6 Å². The molecular weight excluding hydrogens is 222 g/mol. The number of amides is 1. The van der Waals surface area contributed by atoms with Crippen molar-refractivity contribution in [2.45, 2.75) is 31.7 Å². The molecule has 0 aliphatic carbocycles. The number of aliphatic hydroxyl groups is 1. The molecule has 6 nitrogen and oxygen atoms in total. The maximum atomic E-state index is 12.2. The van der Waals surface area contributed by atoms with Crippen molar-refractivity contribution < 1.29 is 9.90 Å². The average molecular weight is 239 g/mol. The maximum Gasteiger partial charge on any atom is 0.272 e. The molecule has 1 aliphatic rings. The third-order valence-corrected chi connectivity index (χ3v) is 3.18. The minimum atomic E-state index is -0.302. The Morgan fingerprint density at radius 1 is 1.47 bits per heavy atom. The molecule has 94 valence electrons. The van der Waals surface area contributed by atoms with Gasteiger partial charge in [-0.25, -0.2) is 0 Å². The predicted molar refractivity (Wildman–Crippen MR) is 61.8 cm³/mol. The lowest BCUT2D eigenvalue weighted by atomic mass is 9.99. The van der Waals surface area contributed by atoms with E-state index >= 15 is 0 Å². The van der Waals surface area contributed by atoms with Crippen LogP contribution < -0.4 is 5.56 Å². The summed E-state index contributed by atoms with van der Waals surface area (Å²) in [7, 11) is 0. The van der Waals surface area contributed by atoms with Gasteiger partial charge in [-0.1, -0.05) is 0 Å². The van der Waals surface area contributed by atoms with Gasteiger partial charge in [0.1, 0.15) is 5.69 Å². The second-order valence-corrected chi connectivity index (χ2v) is 4.33. The number of hydrogen-bond donors (Lipinski definition) is 3. The largest absolute Gasteiger partial charge is 0.396 e. The zero-order chi connectivity index (χ0) is 12.3. The molecule has 2 heterocycles. The van der Waals surface area contributed by atoms with Crippen molar-refractivity contribution in [2.24, 2.45) is 0 Å². The van der Waals surface area contributed by atoms with Gasteiger partial charge in [-0.15, -0.1) is 0 Å². The summed E-state index contributed by atoms with van der Waals surface area (Å²) in [5.41, 5.74) is -0.0103. The van der Waals surface area contributed by atoms with E-state index in [0.29, 0.717) is 18.7 Å². The summed E-state index contributed by atoms with van der Waals surface area (Å²) >= 11 is 0. The van der Waals surface area contributed by atoms with Gasteiger partial charge in [0.2, 0.25) is 0 Å². The smallest absolute Gasteiger partial charge is 0.272 e. The number of carbonyl (C=O) groups is 1. The van der Waals surface area contributed by atoms with Crippen molar-refractivity contribution in [1.29, 1.82) is 0 Å². The van der Waals surface area contributed by atoms with E-state index in [2.05, 4.69) is 10.2 Å². The highest BCUT2D eigenvalue weighted by molar-refractivity contribution is 5.92. The van der Waals surface area contributed by atoms with Crippen molar-refractivity contribution >= 4 is 5.91 Å². The molecule has 1 fully saturated rings. The molecule has 1 saturated heterocycles. The van der Waals surface area contributed by atoms with E-state index in [-0.39, 0.29) is 24.1 Å². The van der Waals surface area contributed by atoms with E-state index in [1.165, 1.54) is 6.07 Å². The van der Waals surface area contributed by atoms with Gasteiger partial charge < -0.3 is 10.0 Å². The normalized spacial score (nSPS) is 20.5. The molecule has 1 atom stereocenters. The summed E-state index contributed by atoms with van der Waals surface area (Å²) in [5.74, 6) is -0.165. The molecule has 1 aliphatic heterocycles. The predicted octanol–water partition coefficient (Wildman–Crippen LogP) is 0.0801. The van der Waals surface area contributed by atoms with Crippen LogP contribution in [0.25, 0.3) is 0 Å². The first kappa shape index (κ1) is 11.9. The van der Waals surface area contributed by atoms with Crippen LogP contribution in [-0.2, 0) is 0 Å². The lowest BCUT2D eigenvalue weighted by molar-refractivity contribution is 0.0568. The number of aliphatic hydroxyl groups excluding tert-OH is 1. The Hall–Kier alpha value is -1.56. The van der Waals surface area contributed by atoms with Crippen LogP contribution in [0.5, 0.6) is 0 Å². The molecule has 0 saturated carbocycles. The first-order valence-corrected chi connectivity index (χ1v) is 5.92. The summed E-state index contributed by atoms with van der Waals surface area (Å²) in [5, 5.41) is 13.9. The van der Waals surface area contributed by atoms with E-state index in [1.807, 2.05) is 0 Å². The van der Waals surface area contributed by atoms with Crippen LogP contribution in [0.3, 0.4) is 0 Å². The minimum Gasteiger partial charge on any atom is -0.396 e. The Morgan fingerprint density at radius 3 is 2.94 bits per heavy atom. The second kappa shape index (κ2) is 5.18. The number of aromatic amines is 2. The monoisotopic (exact) mass is 239 g/mol. The number of hydrogen-bond acceptors (Lipinski definition) is 3.